The van der Waals surface area contributed by atoms with Crippen LogP contribution in [0.3, 0.4) is 0 Å². The van der Waals surface area contributed by atoms with Crippen molar-refractivity contribution in [3.05, 3.63) is 28.5 Å². The van der Waals surface area contributed by atoms with E-state index in [0.29, 0.717) is 10.9 Å². The third-order valence-corrected chi connectivity index (χ3v) is 2.46. The number of hydrogen-bond donors (Lipinski definition) is 2. The number of rotatable bonds is 3. The van der Waals surface area contributed by atoms with Gasteiger partial charge in [0.25, 0.3) is 0 Å². The molecule has 0 aliphatic heterocycles. The molecule has 0 aliphatic rings. The summed E-state index contributed by atoms with van der Waals surface area (Å²) in [4.78, 5) is 11.4. The molecule has 0 aliphatic carbocycles. The molecule has 3 nitrogen and oxygen atoms in total. The second-order valence-corrected chi connectivity index (χ2v) is 4.04. The van der Waals surface area contributed by atoms with Crippen LogP contribution in [0.2, 0.25) is 0 Å². The lowest BCUT2D eigenvalue weighted by atomic mass is 10.2. The first-order chi connectivity index (χ1) is 7.04. The van der Waals surface area contributed by atoms with E-state index in [1.807, 2.05) is 0 Å². The van der Waals surface area contributed by atoms with Crippen molar-refractivity contribution in [2.45, 2.75) is 19.4 Å². The Morgan fingerprint density at radius 1 is 1.67 bits per heavy atom. The van der Waals surface area contributed by atoms with Gasteiger partial charge in [-0.3, -0.25) is 4.79 Å². The highest BCUT2D eigenvalue weighted by atomic mass is 79.9. The van der Waals surface area contributed by atoms with Gasteiger partial charge in [-0.25, -0.2) is 4.39 Å². The van der Waals surface area contributed by atoms with E-state index < -0.39 is 11.9 Å². The lowest BCUT2D eigenvalue weighted by molar-refractivity contribution is -0.117. The molecule has 0 fully saturated rings. The number of nitrogens with one attached hydrogen (secondary N) is 1. The van der Waals surface area contributed by atoms with E-state index in [-0.39, 0.29) is 11.6 Å². The molecule has 0 radical (unpaired) electrons. The van der Waals surface area contributed by atoms with Crippen molar-refractivity contribution in [2.75, 3.05) is 5.32 Å². The Balaban J connectivity index is 2.80. The predicted octanol–water partition coefficient (Wildman–Crippen LogP) is 2.26. The van der Waals surface area contributed by atoms with Crippen molar-refractivity contribution in [3.63, 3.8) is 0 Å². The SMILES string of the molecule is CCC(N)C(=O)Nc1cc(Br)ccc1F. The third-order valence-electron chi connectivity index (χ3n) is 1.96. The minimum Gasteiger partial charge on any atom is -0.322 e. The van der Waals surface area contributed by atoms with E-state index in [4.69, 9.17) is 5.73 Å². The van der Waals surface area contributed by atoms with E-state index in [0.717, 1.165) is 0 Å². The van der Waals surface area contributed by atoms with Gasteiger partial charge in [-0.05, 0) is 24.6 Å². The first-order valence-corrected chi connectivity index (χ1v) is 5.35. The van der Waals surface area contributed by atoms with Gasteiger partial charge in [0.1, 0.15) is 5.82 Å². The molecule has 0 bridgehead atoms. The van der Waals surface area contributed by atoms with Crippen LogP contribution in [0, 0.1) is 5.82 Å². The Bertz CT molecular complexity index is 370. The molecule has 5 heteroatoms. The van der Waals surface area contributed by atoms with Crippen molar-refractivity contribution in [3.8, 4) is 0 Å². The molecule has 0 saturated heterocycles. The van der Waals surface area contributed by atoms with Gasteiger partial charge in [0, 0.05) is 4.47 Å². The average Bonchev–Trinajstić information content (AvgIpc) is 2.22. The molecule has 0 aromatic heterocycles. The molecule has 1 rings (SSSR count). The minimum absolute atomic E-state index is 0.137. The van der Waals surface area contributed by atoms with Gasteiger partial charge in [0.2, 0.25) is 5.91 Å². The molecule has 1 amide bonds. The summed E-state index contributed by atoms with van der Waals surface area (Å²) < 4.78 is 13.9. The molecule has 15 heavy (non-hydrogen) atoms. The van der Waals surface area contributed by atoms with Crippen LogP contribution < -0.4 is 11.1 Å². The smallest absolute Gasteiger partial charge is 0.241 e. The maximum absolute atomic E-state index is 13.2. The van der Waals surface area contributed by atoms with Crippen LogP contribution in [-0.2, 0) is 4.79 Å². The zero-order valence-corrected chi connectivity index (χ0v) is 9.84. The molecular formula is C10H12BrFN2O. The van der Waals surface area contributed by atoms with Crippen molar-refractivity contribution < 1.29 is 9.18 Å². The molecule has 1 unspecified atom stereocenters. The predicted molar refractivity (Wildman–Crippen MR) is 61.0 cm³/mol. The topological polar surface area (TPSA) is 55.1 Å². The van der Waals surface area contributed by atoms with E-state index in [1.54, 1.807) is 13.0 Å². The number of nitrogens with two attached hydrogens (primary N) is 1. The summed E-state index contributed by atoms with van der Waals surface area (Å²) in [6, 6.07) is 3.72. The molecule has 0 heterocycles. The van der Waals surface area contributed by atoms with Gasteiger partial charge >= 0.3 is 0 Å². The van der Waals surface area contributed by atoms with Crippen LogP contribution in [0.1, 0.15) is 13.3 Å². The molecule has 82 valence electrons. The number of anilines is 1. The van der Waals surface area contributed by atoms with Crippen LogP contribution in [0.4, 0.5) is 10.1 Å². The minimum atomic E-state index is -0.608. The average molecular weight is 275 g/mol. The third kappa shape index (κ3) is 3.28. The Morgan fingerprint density at radius 2 is 2.33 bits per heavy atom. The van der Waals surface area contributed by atoms with Crippen LogP contribution in [-0.4, -0.2) is 11.9 Å². The van der Waals surface area contributed by atoms with Crippen molar-refractivity contribution in [1.82, 2.24) is 0 Å². The standard InChI is InChI=1S/C10H12BrFN2O/c1-2-8(13)10(15)14-9-5-6(11)3-4-7(9)12/h3-5,8H,2,13H2,1H3,(H,14,15). The van der Waals surface area contributed by atoms with Crippen molar-refractivity contribution in [1.29, 1.82) is 0 Å². The Hall–Kier alpha value is -0.940. The van der Waals surface area contributed by atoms with Gasteiger partial charge in [0.05, 0.1) is 11.7 Å². The molecule has 0 spiro atoms. The van der Waals surface area contributed by atoms with Gasteiger partial charge in [-0.1, -0.05) is 22.9 Å². The maximum Gasteiger partial charge on any atom is 0.241 e. The van der Waals surface area contributed by atoms with Gasteiger partial charge < -0.3 is 11.1 Å². The molecular weight excluding hydrogens is 263 g/mol. The lowest BCUT2D eigenvalue weighted by Gasteiger charge is -2.10. The fourth-order valence-corrected chi connectivity index (χ4v) is 1.37. The van der Waals surface area contributed by atoms with Gasteiger partial charge in [-0.15, -0.1) is 0 Å². The normalized spacial score (nSPS) is 12.3. The number of benzene rings is 1. The van der Waals surface area contributed by atoms with Crippen LogP contribution in [0.15, 0.2) is 22.7 Å². The Kier molecular flexibility index (Phi) is 4.23. The number of halogens is 2. The molecule has 1 aromatic rings. The van der Waals surface area contributed by atoms with Crippen molar-refractivity contribution >= 4 is 27.5 Å². The highest BCUT2D eigenvalue weighted by Crippen LogP contribution is 2.20. The summed E-state index contributed by atoms with van der Waals surface area (Å²) in [5, 5.41) is 2.43. The summed E-state index contributed by atoms with van der Waals surface area (Å²) in [6.07, 6.45) is 0.515. The quantitative estimate of drug-likeness (QED) is 0.889. The fourth-order valence-electron chi connectivity index (χ4n) is 1.00. The van der Waals surface area contributed by atoms with E-state index in [9.17, 15) is 9.18 Å². The van der Waals surface area contributed by atoms with Crippen LogP contribution in [0.25, 0.3) is 0 Å². The summed E-state index contributed by atoms with van der Waals surface area (Å²) in [5.74, 6) is -0.857. The highest BCUT2D eigenvalue weighted by molar-refractivity contribution is 9.10. The van der Waals surface area contributed by atoms with Gasteiger partial charge in [0.15, 0.2) is 0 Å². The van der Waals surface area contributed by atoms with Crippen LogP contribution >= 0.6 is 15.9 Å². The monoisotopic (exact) mass is 274 g/mol. The molecule has 3 N–H and O–H groups in total. The van der Waals surface area contributed by atoms with E-state index in [1.165, 1.54) is 12.1 Å². The number of amides is 1. The molecule has 0 saturated carbocycles. The second kappa shape index (κ2) is 5.23. The Morgan fingerprint density at radius 3 is 2.93 bits per heavy atom. The summed E-state index contributed by atoms with van der Waals surface area (Å²) >= 11 is 3.19. The zero-order chi connectivity index (χ0) is 11.4. The number of carbonyl (C=O) groups excluding carboxylic acids is 1. The largest absolute Gasteiger partial charge is 0.322 e. The second-order valence-electron chi connectivity index (χ2n) is 3.13. The van der Waals surface area contributed by atoms with Gasteiger partial charge in [-0.2, -0.15) is 0 Å². The molecule has 1 aromatic carbocycles. The highest BCUT2D eigenvalue weighted by Gasteiger charge is 2.13. The summed E-state index contributed by atoms with van der Waals surface area (Å²) in [5.41, 5.74) is 5.64. The number of hydrogen-bond acceptors (Lipinski definition) is 2. The zero-order valence-electron chi connectivity index (χ0n) is 8.26. The first-order valence-electron chi connectivity index (χ1n) is 4.56. The van der Waals surface area contributed by atoms with E-state index in [2.05, 4.69) is 21.2 Å². The lowest BCUT2D eigenvalue weighted by Crippen LogP contribution is -2.35. The van der Waals surface area contributed by atoms with Crippen LogP contribution in [0.5, 0.6) is 0 Å². The van der Waals surface area contributed by atoms with E-state index >= 15 is 0 Å². The maximum atomic E-state index is 13.2. The fraction of sp³-hybridized carbons (Fsp3) is 0.300. The molecule has 1 atom stereocenters. The summed E-state index contributed by atoms with van der Waals surface area (Å²) in [6.45, 7) is 1.79. The Labute approximate surface area is 96.0 Å². The van der Waals surface area contributed by atoms with Crippen molar-refractivity contribution in [2.24, 2.45) is 5.73 Å². The first kappa shape index (κ1) is 12.1. The summed E-state index contributed by atoms with van der Waals surface area (Å²) in [7, 11) is 0. The number of carbonyl (C=O) groups is 1.